The lowest BCUT2D eigenvalue weighted by atomic mass is 10.1. The number of thiophene rings is 1. The van der Waals surface area contributed by atoms with Crippen molar-refractivity contribution in [1.82, 2.24) is 5.32 Å². The van der Waals surface area contributed by atoms with E-state index in [1.807, 2.05) is 7.05 Å². The lowest BCUT2D eigenvalue weighted by molar-refractivity contribution is 0.578. The first-order valence-corrected chi connectivity index (χ1v) is 5.36. The summed E-state index contributed by atoms with van der Waals surface area (Å²) in [6.07, 6.45) is 1.14. The first kappa shape index (κ1) is 9.23. The maximum Gasteiger partial charge on any atom is 0.0701 e. The number of hydrogen-bond donors (Lipinski definition) is 1. The molecule has 0 amide bonds. The molecule has 0 aromatic carbocycles. The molecule has 0 radical (unpaired) electrons. The van der Waals surface area contributed by atoms with Gasteiger partial charge in [0.2, 0.25) is 0 Å². The van der Waals surface area contributed by atoms with Crippen LogP contribution >= 0.6 is 27.3 Å². The van der Waals surface area contributed by atoms with Crippen LogP contribution < -0.4 is 5.32 Å². The molecule has 1 N–H and O–H groups in total. The number of hydrogen-bond acceptors (Lipinski definition) is 2. The van der Waals surface area contributed by atoms with Crippen LogP contribution in [-0.2, 0) is 0 Å². The fraction of sp³-hybridized carbons (Fsp3) is 0.500. The molecule has 62 valence electrons. The monoisotopic (exact) mass is 233 g/mol. The van der Waals surface area contributed by atoms with Gasteiger partial charge in [0, 0.05) is 6.04 Å². The third kappa shape index (κ3) is 2.29. The van der Waals surface area contributed by atoms with Gasteiger partial charge in [-0.05, 0) is 46.4 Å². The van der Waals surface area contributed by atoms with Crippen LogP contribution in [0.15, 0.2) is 15.2 Å². The zero-order valence-electron chi connectivity index (χ0n) is 6.73. The van der Waals surface area contributed by atoms with Gasteiger partial charge in [0.1, 0.15) is 0 Å². The maximum absolute atomic E-state index is 3.45. The summed E-state index contributed by atoms with van der Waals surface area (Å²) >= 11 is 5.19. The molecule has 0 aliphatic carbocycles. The first-order chi connectivity index (χ1) is 5.27. The lowest BCUT2D eigenvalue weighted by Crippen LogP contribution is -2.14. The van der Waals surface area contributed by atoms with Gasteiger partial charge in [-0.2, -0.15) is 0 Å². The number of nitrogens with one attached hydrogen (secondary N) is 1. The topological polar surface area (TPSA) is 12.0 Å². The van der Waals surface area contributed by atoms with E-state index < -0.39 is 0 Å². The molecule has 0 saturated carbocycles. The zero-order chi connectivity index (χ0) is 8.27. The Bertz CT molecular complexity index is 218. The van der Waals surface area contributed by atoms with E-state index >= 15 is 0 Å². The molecule has 1 rings (SSSR count). The highest BCUT2D eigenvalue weighted by Crippen LogP contribution is 2.26. The Morgan fingerprint density at radius 2 is 2.45 bits per heavy atom. The maximum atomic E-state index is 3.45. The molecule has 0 aliphatic rings. The quantitative estimate of drug-likeness (QED) is 0.846. The van der Waals surface area contributed by atoms with Crippen LogP contribution in [0.3, 0.4) is 0 Å². The summed E-state index contributed by atoms with van der Waals surface area (Å²) in [5.41, 5.74) is 1.38. The normalized spacial score (nSPS) is 13.4. The molecule has 3 heteroatoms. The minimum Gasteiger partial charge on any atom is -0.313 e. The van der Waals surface area contributed by atoms with Crippen molar-refractivity contribution < 1.29 is 0 Å². The minimum atomic E-state index is 0.512. The molecule has 11 heavy (non-hydrogen) atoms. The average molecular weight is 234 g/mol. The Kier molecular flexibility index (Phi) is 3.55. The van der Waals surface area contributed by atoms with E-state index in [1.54, 1.807) is 11.3 Å². The predicted octanol–water partition coefficient (Wildman–Crippen LogP) is 3.18. The summed E-state index contributed by atoms with van der Waals surface area (Å²) in [7, 11) is 2.00. The van der Waals surface area contributed by atoms with Crippen LogP contribution in [0.2, 0.25) is 0 Å². The molecule has 0 bridgehead atoms. The largest absolute Gasteiger partial charge is 0.313 e. The molecular formula is C8H12BrNS. The van der Waals surface area contributed by atoms with Gasteiger partial charge in [-0.3, -0.25) is 0 Å². The average Bonchev–Trinajstić information content (AvgIpc) is 2.39. The molecule has 0 spiro atoms. The van der Waals surface area contributed by atoms with Crippen LogP contribution in [0, 0.1) is 0 Å². The van der Waals surface area contributed by atoms with E-state index in [9.17, 15) is 0 Å². The van der Waals surface area contributed by atoms with Gasteiger partial charge >= 0.3 is 0 Å². The highest BCUT2D eigenvalue weighted by molar-refractivity contribution is 9.11. The van der Waals surface area contributed by atoms with Crippen LogP contribution in [-0.4, -0.2) is 7.05 Å². The van der Waals surface area contributed by atoms with Crippen molar-refractivity contribution in [3.05, 3.63) is 20.8 Å². The second-order valence-electron chi connectivity index (χ2n) is 2.43. The third-order valence-corrected chi connectivity index (χ3v) is 3.27. The van der Waals surface area contributed by atoms with Crippen LogP contribution in [0.5, 0.6) is 0 Å². The Balaban J connectivity index is 2.73. The third-order valence-electron chi connectivity index (χ3n) is 1.75. The van der Waals surface area contributed by atoms with Gasteiger partial charge in [0.05, 0.1) is 3.79 Å². The highest BCUT2D eigenvalue weighted by Gasteiger charge is 2.07. The Labute approximate surface area is 79.9 Å². The summed E-state index contributed by atoms with van der Waals surface area (Å²) in [4.78, 5) is 0. The summed E-state index contributed by atoms with van der Waals surface area (Å²) in [6, 6.07) is 2.69. The van der Waals surface area contributed by atoms with Gasteiger partial charge in [0.25, 0.3) is 0 Å². The summed E-state index contributed by atoms with van der Waals surface area (Å²) in [5, 5.41) is 5.46. The molecule has 0 saturated heterocycles. The Morgan fingerprint density at radius 3 is 2.82 bits per heavy atom. The Morgan fingerprint density at radius 1 is 1.73 bits per heavy atom. The second kappa shape index (κ2) is 4.24. The van der Waals surface area contributed by atoms with Crippen molar-refractivity contribution >= 4 is 27.3 Å². The summed E-state index contributed by atoms with van der Waals surface area (Å²) in [5.74, 6) is 0. The first-order valence-electron chi connectivity index (χ1n) is 3.69. The molecule has 1 unspecified atom stereocenters. The van der Waals surface area contributed by atoms with Gasteiger partial charge in [0.15, 0.2) is 0 Å². The van der Waals surface area contributed by atoms with Crippen molar-refractivity contribution in [2.24, 2.45) is 0 Å². The lowest BCUT2D eigenvalue weighted by Gasteiger charge is -2.10. The minimum absolute atomic E-state index is 0.512. The van der Waals surface area contributed by atoms with Crippen LogP contribution in [0.4, 0.5) is 0 Å². The zero-order valence-corrected chi connectivity index (χ0v) is 9.13. The summed E-state index contributed by atoms with van der Waals surface area (Å²) in [6.45, 7) is 2.19. The van der Waals surface area contributed by atoms with Gasteiger partial charge in [-0.25, -0.2) is 0 Å². The van der Waals surface area contributed by atoms with Crippen molar-refractivity contribution in [3.8, 4) is 0 Å². The van der Waals surface area contributed by atoms with Crippen LogP contribution in [0.25, 0.3) is 0 Å². The van der Waals surface area contributed by atoms with E-state index in [2.05, 4.69) is 39.6 Å². The Hall–Kier alpha value is 0.140. The molecule has 1 heterocycles. The fourth-order valence-electron chi connectivity index (χ4n) is 1.11. The fourth-order valence-corrected chi connectivity index (χ4v) is 2.34. The van der Waals surface area contributed by atoms with Crippen molar-refractivity contribution in [2.75, 3.05) is 7.05 Å². The van der Waals surface area contributed by atoms with Gasteiger partial charge in [-0.1, -0.05) is 6.92 Å². The SMILES string of the molecule is CCC(NC)c1csc(Br)c1. The van der Waals surface area contributed by atoms with E-state index in [0.29, 0.717) is 6.04 Å². The predicted molar refractivity (Wildman–Crippen MR) is 54.1 cm³/mol. The van der Waals surface area contributed by atoms with Crippen molar-refractivity contribution in [2.45, 2.75) is 19.4 Å². The molecule has 1 nitrogen and oxygen atoms in total. The smallest absolute Gasteiger partial charge is 0.0701 e. The van der Waals surface area contributed by atoms with E-state index in [-0.39, 0.29) is 0 Å². The summed E-state index contributed by atoms with van der Waals surface area (Å²) < 4.78 is 1.21. The molecule has 0 fully saturated rings. The van der Waals surface area contributed by atoms with Crippen molar-refractivity contribution in [1.29, 1.82) is 0 Å². The molecule has 0 aliphatic heterocycles. The van der Waals surface area contributed by atoms with Gasteiger partial charge in [-0.15, -0.1) is 11.3 Å². The standard InChI is InChI=1S/C8H12BrNS/c1-3-7(10-2)6-4-8(9)11-5-6/h4-5,7,10H,3H2,1-2H3. The van der Waals surface area contributed by atoms with Gasteiger partial charge < -0.3 is 5.32 Å². The molecule has 1 atom stereocenters. The van der Waals surface area contributed by atoms with Crippen LogP contribution in [0.1, 0.15) is 24.9 Å². The number of halogens is 1. The molecular weight excluding hydrogens is 222 g/mol. The van der Waals surface area contributed by atoms with E-state index in [0.717, 1.165) is 6.42 Å². The molecule has 1 aromatic heterocycles. The second-order valence-corrected chi connectivity index (χ2v) is 4.72. The van der Waals surface area contributed by atoms with E-state index in [1.165, 1.54) is 9.35 Å². The van der Waals surface area contributed by atoms with Crippen molar-refractivity contribution in [3.63, 3.8) is 0 Å². The molecule has 1 aromatic rings. The highest BCUT2D eigenvalue weighted by atomic mass is 79.9. The van der Waals surface area contributed by atoms with E-state index in [4.69, 9.17) is 0 Å². The number of rotatable bonds is 3.